The number of likely N-dealkylation sites (N-methyl/N-ethyl adjacent to an activating group) is 2. The number of amides is 8. The summed E-state index contributed by atoms with van der Waals surface area (Å²) in [7, 11) is 3.33. The number of hydrogen-bond donors (Lipinski definition) is 8. The fourth-order valence-electron chi connectivity index (χ4n) is 12.6. The van der Waals surface area contributed by atoms with E-state index in [1.807, 2.05) is 98.7 Å². The van der Waals surface area contributed by atoms with Gasteiger partial charge in [0.15, 0.2) is 0 Å². The summed E-state index contributed by atoms with van der Waals surface area (Å²) in [6.45, 7) is 20.4. The second kappa shape index (κ2) is 26.3. The predicted octanol–water partition coefficient (Wildman–Crippen LogP) is 5.11. The molecule has 8 N–H and O–H groups in total. The lowest BCUT2D eigenvalue weighted by Crippen LogP contribution is -2.60. The molecule has 18 nitrogen and oxygen atoms in total. The summed E-state index contributed by atoms with van der Waals surface area (Å²) < 4.78 is 0. The van der Waals surface area contributed by atoms with Crippen molar-refractivity contribution in [3.8, 4) is 0 Å². The van der Waals surface area contributed by atoms with Crippen LogP contribution in [-0.4, -0.2) is 133 Å². The summed E-state index contributed by atoms with van der Waals surface area (Å²) in [5.41, 5.74) is 1.00. The molecule has 5 aliphatic rings. The lowest BCUT2D eigenvalue weighted by atomic mass is 9.65. The SMILES string of the molecule is CN[C@@H](C)C(=O)N[C@H](C(=O)N1C[C@@H](NC(=O)[C@H]2CC[C@@](C)(C(=O)N[C@H]3C[C@@H](C(=O)N[C@@H]4CCCc5ccccc54)N(C(=O)[C@@H](NC(=O)[C@H](C)NC)C(C)(C)C)C3)C2(C)C)C[C@H]1C(=O)N[C@@H]1CCCc2ccccc21)C(C)(C)C.Cl.Cl. The molecule has 0 unspecified atom stereocenters. The predicted molar refractivity (Wildman–Crippen MR) is 314 cm³/mol. The number of aryl methyl sites for hydroxylation is 2. The first-order valence-electron chi connectivity index (χ1n) is 28.5. The van der Waals surface area contributed by atoms with E-state index in [0.717, 1.165) is 49.7 Å². The molecule has 1 saturated carbocycles. The van der Waals surface area contributed by atoms with Crippen LogP contribution < -0.4 is 42.5 Å². The molecule has 0 aromatic heterocycles. The van der Waals surface area contributed by atoms with Crippen LogP contribution in [0, 0.1) is 27.6 Å². The highest BCUT2D eigenvalue weighted by atomic mass is 35.5. The third-order valence-corrected chi connectivity index (χ3v) is 18.3. The van der Waals surface area contributed by atoms with Crippen molar-refractivity contribution in [2.24, 2.45) is 27.6 Å². The van der Waals surface area contributed by atoms with Crippen molar-refractivity contribution in [1.29, 1.82) is 0 Å². The molecule has 80 heavy (non-hydrogen) atoms. The van der Waals surface area contributed by atoms with E-state index in [-0.39, 0.29) is 98.3 Å². The zero-order chi connectivity index (χ0) is 57.2. The van der Waals surface area contributed by atoms with Crippen LogP contribution in [0.25, 0.3) is 0 Å². The number of likely N-dealkylation sites (tertiary alicyclic amines) is 2. The van der Waals surface area contributed by atoms with Gasteiger partial charge in [0.25, 0.3) is 0 Å². The van der Waals surface area contributed by atoms with Crippen molar-refractivity contribution in [2.45, 2.75) is 201 Å². The molecule has 0 spiro atoms. The van der Waals surface area contributed by atoms with Gasteiger partial charge in [-0.3, -0.25) is 38.4 Å². The summed E-state index contributed by atoms with van der Waals surface area (Å²) in [4.78, 5) is 118. The van der Waals surface area contributed by atoms with Gasteiger partial charge in [-0.2, -0.15) is 0 Å². The summed E-state index contributed by atoms with van der Waals surface area (Å²) in [6, 6.07) is 9.36. The number of nitrogens with one attached hydrogen (secondary N) is 8. The largest absolute Gasteiger partial charge is 0.351 e. The zero-order valence-corrected chi connectivity index (χ0v) is 51.1. The van der Waals surface area contributed by atoms with Gasteiger partial charge in [0.2, 0.25) is 47.3 Å². The van der Waals surface area contributed by atoms with Crippen molar-refractivity contribution < 1.29 is 38.4 Å². The minimum absolute atomic E-state index is 0. The van der Waals surface area contributed by atoms with Gasteiger partial charge in [0.1, 0.15) is 24.2 Å². The second-order valence-electron chi connectivity index (χ2n) is 25.9. The smallest absolute Gasteiger partial charge is 0.246 e. The van der Waals surface area contributed by atoms with Crippen LogP contribution >= 0.6 is 24.8 Å². The lowest BCUT2D eigenvalue weighted by molar-refractivity contribution is -0.144. The van der Waals surface area contributed by atoms with E-state index in [1.54, 1.807) is 27.9 Å². The number of fused-ring (bicyclic) bond motifs is 2. The highest BCUT2D eigenvalue weighted by molar-refractivity contribution is 5.96. The Hall–Kier alpha value is -5.30. The highest BCUT2D eigenvalue weighted by Crippen LogP contribution is 2.56. The molecule has 2 heterocycles. The van der Waals surface area contributed by atoms with E-state index in [9.17, 15) is 38.4 Å². The Morgan fingerprint density at radius 1 is 0.562 bits per heavy atom. The maximum atomic E-state index is 14.9. The van der Waals surface area contributed by atoms with E-state index >= 15 is 0 Å². The fourth-order valence-corrected chi connectivity index (χ4v) is 12.6. The Kier molecular flexibility index (Phi) is 21.5. The van der Waals surface area contributed by atoms with Gasteiger partial charge in [0.05, 0.1) is 29.6 Å². The Bertz CT molecular complexity index is 2600. The van der Waals surface area contributed by atoms with E-state index in [2.05, 4.69) is 54.7 Å². The highest BCUT2D eigenvalue weighted by Gasteiger charge is 2.59. The normalized spacial score (nSPS) is 26.5. The van der Waals surface area contributed by atoms with Gasteiger partial charge in [-0.1, -0.05) is 111 Å². The van der Waals surface area contributed by atoms with Gasteiger partial charge in [-0.25, -0.2) is 0 Å². The number of halogens is 2. The van der Waals surface area contributed by atoms with Crippen LogP contribution in [0.3, 0.4) is 0 Å². The van der Waals surface area contributed by atoms with E-state index in [0.29, 0.717) is 12.8 Å². The first-order valence-corrected chi connectivity index (χ1v) is 28.5. The average molecular weight is 1150 g/mol. The minimum atomic E-state index is -1.07. The van der Waals surface area contributed by atoms with E-state index in [1.165, 1.54) is 20.9 Å². The molecule has 3 fully saturated rings. The quantitative estimate of drug-likeness (QED) is 0.111. The summed E-state index contributed by atoms with van der Waals surface area (Å²) >= 11 is 0. The summed E-state index contributed by atoms with van der Waals surface area (Å²) in [5.74, 6) is -3.44. The van der Waals surface area contributed by atoms with Crippen LogP contribution in [0.2, 0.25) is 0 Å². The summed E-state index contributed by atoms with van der Waals surface area (Å²) in [5, 5.41) is 24.7. The summed E-state index contributed by atoms with van der Waals surface area (Å²) in [6.07, 6.45) is 6.13. The number of rotatable bonds is 16. The van der Waals surface area contributed by atoms with Gasteiger partial charge in [-0.05, 0) is 131 Å². The molecule has 2 aromatic rings. The third-order valence-electron chi connectivity index (χ3n) is 18.3. The van der Waals surface area contributed by atoms with E-state index in [4.69, 9.17) is 0 Å². The molecule has 3 aliphatic carbocycles. The molecule has 2 aromatic carbocycles. The molecule has 0 bridgehead atoms. The lowest BCUT2D eigenvalue weighted by Gasteiger charge is -2.40. The second-order valence-corrected chi connectivity index (χ2v) is 25.9. The maximum absolute atomic E-state index is 14.9. The standard InChI is InChI=1S/C60H90N10O8.2ClH/c1-34(61-12)49(71)67-47(57(3,4)5)54(76)69-32-38(30-45(69)52(74)65-43-26-18-22-36-20-14-16-24-40(36)43)63-51(73)42-28-29-60(11,59(42,9)10)56(78)64-39-31-46(53(75)66-44-27-19-23-37-21-15-17-25-41(37)44)70(33-39)55(77)48(58(6,7)8)68-50(72)35(2)62-13;;/h14-17,20-21,24-25,34-35,38-39,42-48,61-62H,18-19,22-23,26-33H2,1-13H3,(H,63,73)(H,64,78)(H,65,74)(H,66,75)(H,67,71)(H,68,72);2*1H/t34-,35-,38-,39-,42+,43+,44+,45-,46-,47+,48+,60-;;/m0../s1. The van der Waals surface area contributed by atoms with Crippen LogP contribution in [-0.2, 0) is 51.2 Å². The molecular weight excluding hydrogens is 1060 g/mol. The first-order chi connectivity index (χ1) is 36.6. The van der Waals surface area contributed by atoms with Crippen LogP contribution in [0.5, 0.6) is 0 Å². The van der Waals surface area contributed by atoms with Crippen molar-refractivity contribution >= 4 is 72.1 Å². The topological polar surface area (TPSA) is 239 Å². The maximum Gasteiger partial charge on any atom is 0.246 e. The van der Waals surface area contributed by atoms with Crippen LogP contribution in [0.1, 0.15) is 162 Å². The van der Waals surface area contributed by atoms with Gasteiger partial charge < -0.3 is 52.3 Å². The fraction of sp³-hybridized carbons (Fsp3) is 0.667. The Balaban J connectivity index is 0.00000588. The zero-order valence-electron chi connectivity index (χ0n) is 49.4. The third kappa shape index (κ3) is 13.9. The molecule has 444 valence electrons. The van der Waals surface area contributed by atoms with Gasteiger partial charge in [-0.15, -0.1) is 24.8 Å². The van der Waals surface area contributed by atoms with Crippen molar-refractivity contribution in [2.75, 3.05) is 27.2 Å². The van der Waals surface area contributed by atoms with Crippen LogP contribution in [0.4, 0.5) is 0 Å². The molecule has 12 atom stereocenters. The van der Waals surface area contributed by atoms with E-state index < -0.39 is 87.7 Å². The number of carbonyl (C=O) groups excluding carboxylic acids is 8. The Labute approximate surface area is 486 Å². The Morgan fingerprint density at radius 3 is 1.36 bits per heavy atom. The molecule has 0 radical (unpaired) electrons. The molecule has 2 aliphatic heterocycles. The number of benzene rings is 2. The van der Waals surface area contributed by atoms with Crippen molar-refractivity contribution in [1.82, 2.24) is 52.3 Å². The number of hydrogen-bond acceptors (Lipinski definition) is 10. The molecule has 8 amide bonds. The molecular formula is C60H92Cl2N10O8. The average Bonchev–Trinajstić information content (AvgIpc) is 4.14. The van der Waals surface area contributed by atoms with Crippen molar-refractivity contribution in [3.05, 3.63) is 70.8 Å². The number of carbonyl (C=O) groups is 8. The van der Waals surface area contributed by atoms with Crippen LogP contribution in [0.15, 0.2) is 48.5 Å². The van der Waals surface area contributed by atoms with Gasteiger partial charge in [0, 0.05) is 31.1 Å². The molecule has 2 saturated heterocycles. The van der Waals surface area contributed by atoms with Crippen molar-refractivity contribution in [3.63, 3.8) is 0 Å². The Morgan fingerprint density at radius 2 is 0.963 bits per heavy atom. The number of nitrogens with zero attached hydrogens (tertiary/aromatic N) is 2. The van der Waals surface area contributed by atoms with Gasteiger partial charge >= 0.3 is 0 Å². The minimum Gasteiger partial charge on any atom is -0.351 e. The molecule has 7 rings (SSSR count). The monoisotopic (exact) mass is 1150 g/mol. The molecule has 20 heteroatoms. The first kappa shape index (κ1) is 65.5.